The average Bonchev–Trinajstić information content (AvgIpc) is 2.67. The Bertz CT molecular complexity index is 676. The number of hydrogen-bond donors (Lipinski definition) is 1. The minimum absolute atomic E-state index is 0.0514. The summed E-state index contributed by atoms with van der Waals surface area (Å²) in [5.74, 6) is -0.0514. The second-order valence-electron chi connectivity index (χ2n) is 6.59. The summed E-state index contributed by atoms with van der Waals surface area (Å²) < 4.78 is 11.7. The number of aryl methyl sites for hydroxylation is 1. The number of aliphatic hydroxyl groups is 1. The average molecular weight is 338 g/mol. The largest absolute Gasteiger partial charge is 0.396 e. The predicted molar refractivity (Wildman–Crippen MR) is 100 cm³/mol. The van der Waals surface area contributed by atoms with Gasteiger partial charge in [0.05, 0.1) is 32.5 Å². The van der Waals surface area contributed by atoms with Crippen LogP contribution < -0.4 is 0 Å². The van der Waals surface area contributed by atoms with Gasteiger partial charge in [-0.15, -0.1) is 0 Å². The van der Waals surface area contributed by atoms with Crippen LogP contribution in [-0.4, -0.2) is 31.0 Å². The Labute approximate surface area is 149 Å². The van der Waals surface area contributed by atoms with E-state index >= 15 is 0 Å². The lowest BCUT2D eigenvalue weighted by atomic mass is 9.94. The van der Waals surface area contributed by atoms with Crippen molar-refractivity contribution in [3.63, 3.8) is 0 Å². The highest BCUT2D eigenvalue weighted by Gasteiger charge is 2.24. The van der Waals surface area contributed by atoms with Crippen LogP contribution in [0.3, 0.4) is 0 Å². The van der Waals surface area contributed by atoms with E-state index in [2.05, 4.69) is 37.3 Å². The minimum atomic E-state index is -0.106. The smallest absolute Gasteiger partial charge is 0.0834 e. The quantitative estimate of drug-likeness (QED) is 0.829. The number of aliphatic hydroxyl groups excluding tert-OH is 1. The summed E-state index contributed by atoms with van der Waals surface area (Å²) in [6.07, 6.45) is 2.95. The molecule has 3 heteroatoms. The van der Waals surface area contributed by atoms with E-state index < -0.39 is 0 Å². The maximum absolute atomic E-state index is 9.78. The van der Waals surface area contributed by atoms with Crippen LogP contribution in [0.15, 0.2) is 60.7 Å². The maximum Gasteiger partial charge on any atom is 0.0834 e. The highest BCUT2D eigenvalue weighted by Crippen LogP contribution is 2.27. The topological polar surface area (TPSA) is 38.7 Å². The van der Waals surface area contributed by atoms with Gasteiger partial charge in [0, 0.05) is 5.92 Å². The summed E-state index contributed by atoms with van der Waals surface area (Å²) in [5.41, 5.74) is 4.92. The Kier molecular flexibility index (Phi) is 6.40. The van der Waals surface area contributed by atoms with E-state index in [0.717, 1.165) is 12.0 Å². The van der Waals surface area contributed by atoms with Gasteiger partial charge in [-0.2, -0.15) is 0 Å². The number of hydrogen-bond acceptors (Lipinski definition) is 3. The van der Waals surface area contributed by atoms with Crippen LogP contribution in [0.4, 0.5) is 0 Å². The van der Waals surface area contributed by atoms with Gasteiger partial charge < -0.3 is 14.6 Å². The second-order valence-corrected chi connectivity index (χ2v) is 6.59. The lowest BCUT2D eigenvalue weighted by molar-refractivity contribution is -0.0242. The zero-order valence-electron chi connectivity index (χ0n) is 14.7. The molecule has 0 amide bonds. The molecule has 0 unspecified atom stereocenters. The molecule has 0 saturated heterocycles. The molecule has 25 heavy (non-hydrogen) atoms. The summed E-state index contributed by atoms with van der Waals surface area (Å²) in [6.45, 7) is 3.86. The molecule has 0 saturated carbocycles. The molecule has 1 aliphatic rings. The summed E-state index contributed by atoms with van der Waals surface area (Å²) in [4.78, 5) is 0. The molecule has 0 radical (unpaired) electrons. The normalized spacial score (nSPS) is 18.6. The van der Waals surface area contributed by atoms with Crippen molar-refractivity contribution < 1.29 is 14.6 Å². The molecule has 3 nitrogen and oxygen atoms in total. The third-order valence-corrected chi connectivity index (χ3v) is 4.61. The first-order chi connectivity index (χ1) is 12.3. The molecule has 2 aromatic carbocycles. The van der Waals surface area contributed by atoms with Gasteiger partial charge in [0.2, 0.25) is 0 Å². The molecule has 0 bridgehead atoms. The van der Waals surface area contributed by atoms with Crippen molar-refractivity contribution in [1.29, 1.82) is 0 Å². The van der Waals surface area contributed by atoms with E-state index in [-0.39, 0.29) is 18.6 Å². The molecule has 0 aromatic heterocycles. The fraction of sp³-hybridized carbons (Fsp3) is 0.364. The first-order valence-corrected chi connectivity index (χ1v) is 8.88. The fourth-order valence-electron chi connectivity index (χ4n) is 3.07. The van der Waals surface area contributed by atoms with Crippen LogP contribution in [0.25, 0.3) is 5.57 Å². The molecule has 1 heterocycles. The van der Waals surface area contributed by atoms with Gasteiger partial charge in [-0.05, 0) is 30.0 Å². The van der Waals surface area contributed by atoms with Crippen molar-refractivity contribution in [3.05, 3.63) is 77.4 Å². The molecule has 2 atom stereocenters. The molecule has 0 spiro atoms. The van der Waals surface area contributed by atoms with Crippen molar-refractivity contribution in [2.75, 3.05) is 19.8 Å². The molecule has 0 aliphatic carbocycles. The van der Waals surface area contributed by atoms with Crippen LogP contribution in [0, 0.1) is 12.8 Å². The Morgan fingerprint density at radius 3 is 2.60 bits per heavy atom. The Balaban J connectivity index is 1.61. The van der Waals surface area contributed by atoms with Crippen LogP contribution in [0.1, 0.15) is 23.1 Å². The molecule has 1 N–H and O–H groups in total. The van der Waals surface area contributed by atoms with E-state index in [9.17, 15) is 5.11 Å². The van der Waals surface area contributed by atoms with Crippen molar-refractivity contribution in [2.24, 2.45) is 5.92 Å². The zero-order valence-corrected chi connectivity index (χ0v) is 14.7. The van der Waals surface area contributed by atoms with Crippen LogP contribution in [0.5, 0.6) is 0 Å². The summed E-state index contributed by atoms with van der Waals surface area (Å²) >= 11 is 0. The predicted octanol–water partition coefficient (Wildman–Crippen LogP) is 3.99. The highest BCUT2D eigenvalue weighted by molar-refractivity contribution is 5.66. The SMILES string of the molecule is Cc1ccc(C2=C[C@H]([C@H](CO)COCc3ccccc3)OCC2)cc1. The van der Waals surface area contributed by atoms with E-state index in [4.69, 9.17) is 9.47 Å². The van der Waals surface area contributed by atoms with Gasteiger partial charge in [0.1, 0.15) is 0 Å². The number of ether oxygens (including phenoxy) is 2. The van der Waals surface area contributed by atoms with Crippen molar-refractivity contribution >= 4 is 5.57 Å². The van der Waals surface area contributed by atoms with Gasteiger partial charge in [-0.25, -0.2) is 0 Å². The van der Waals surface area contributed by atoms with Crippen molar-refractivity contribution in [2.45, 2.75) is 26.1 Å². The van der Waals surface area contributed by atoms with Crippen molar-refractivity contribution in [3.8, 4) is 0 Å². The highest BCUT2D eigenvalue weighted by atomic mass is 16.5. The van der Waals surface area contributed by atoms with E-state index in [1.165, 1.54) is 16.7 Å². The Hall–Kier alpha value is -1.94. The van der Waals surface area contributed by atoms with Gasteiger partial charge in [-0.1, -0.05) is 66.2 Å². The lowest BCUT2D eigenvalue weighted by Crippen LogP contribution is -2.32. The van der Waals surface area contributed by atoms with Crippen molar-refractivity contribution in [1.82, 2.24) is 0 Å². The molecule has 132 valence electrons. The van der Waals surface area contributed by atoms with Crippen LogP contribution in [0.2, 0.25) is 0 Å². The van der Waals surface area contributed by atoms with E-state index in [0.29, 0.717) is 19.8 Å². The van der Waals surface area contributed by atoms with Gasteiger partial charge in [-0.3, -0.25) is 0 Å². The van der Waals surface area contributed by atoms with Crippen LogP contribution in [-0.2, 0) is 16.1 Å². The molecule has 1 aliphatic heterocycles. The lowest BCUT2D eigenvalue weighted by Gasteiger charge is -2.28. The summed E-state index contributed by atoms with van der Waals surface area (Å²) in [6, 6.07) is 18.7. The molecule has 2 aromatic rings. The summed E-state index contributed by atoms with van der Waals surface area (Å²) in [5, 5.41) is 9.78. The molecular formula is C22H26O3. The number of rotatable bonds is 7. The third-order valence-electron chi connectivity index (χ3n) is 4.61. The maximum atomic E-state index is 9.78. The first-order valence-electron chi connectivity index (χ1n) is 8.88. The van der Waals surface area contributed by atoms with E-state index in [1.54, 1.807) is 0 Å². The van der Waals surface area contributed by atoms with Gasteiger partial charge >= 0.3 is 0 Å². The van der Waals surface area contributed by atoms with Crippen LogP contribution >= 0.6 is 0 Å². The Morgan fingerprint density at radius 2 is 1.88 bits per heavy atom. The molecular weight excluding hydrogens is 312 g/mol. The first kappa shape index (κ1) is 17.9. The zero-order chi connectivity index (χ0) is 17.5. The molecule has 0 fully saturated rings. The fourth-order valence-corrected chi connectivity index (χ4v) is 3.07. The standard InChI is InChI=1S/C22H26O3/c1-17-7-9-19(10-8-17)20-11-12-25-22(13-20)21(14-23)16-24-15-18-5-3-2-4-6-18/h2-10,13,21-23H,11-12,14-16H2,1H3/t21-,22-/m1/s1. The van der Waals surface area contributed by atoms with Gasteiger partial charge in [0.15, 0.2) is 0 Å². The Morgan fingerprint density at radius 1 is 1.12 bits per heavy atom. The van der Waals surface area contributed by atoms with E-state index in [1.807, 2.05) is 30.3 Å². The second kappa shape index (κ2) is 8.95. The monoisotopic (exact) mass is 338 g/mol. The molecule has 3 rings (SSSR count). The summed E-state index contributed by atoms with van der Waals surface area (Å²) in [7, 11) is 0. The third kappa shape index (κ3) is 5.02. The number of benzene rings is 2. The minimum Gasteiger partial charge on any atom is -0.396 e. The van der Waals surface area contributed by atoms with Gasteiger partial charge in [0.25, 0.3) is 0 Å².